The molecular formula is C7H10FeN4O4S2. The van der Waals surface area contributed by atoms with E-state index >= 15 is 0 Å². The van der Waals surface area contributed by atoms with Gasteiger partial charge in [0.25, 0.3) is 0 Å². The normalized spacial score (nSPS) is 9.89. The summed E-state index contributed by atoms with van der Waals surface area (Å²) in [4.78, 5) is 4.00. The van der Waals surface area contributed by atoms with Crippen molar-refractivity contribution < 1.29 is 34.6 Å². The van der Waals surface area contributed by atoms with Crippen molar-refractivity contribution in [1.29, 1.82) is 0 Å². The van der Waals surface area contributed by atoms with Crippen LogP contribution in [0.25, 0.3) is 0 Å². The number of pyridine rings is 1. The van der Waals surface area contributed by atoms with Gasteiger partial charge < -0.3 is 5.73 Å². The van der Waals surface area contributed by atoms with Gasteiger partial charge in [0.1, 0.15) is 0 Å². The minimum absolute atomic E-state index is 0. The van der Waals surface area contributed by atoms with Gasteiger partial charge >= 0.3 is 10.4 Å². The Kier molecular flexibility index (Phi) is 10.6. The largest absolute Gasteiger partial charge is 0.394 e. The van der Waals surface area contributed by atoms with E-state index in [9.17, 15) is 0 Å². The number of hydrogen-bond acceptors (Lipinski definition) is 5. The van der Waals surface area contributed by atoms with Crippen LogP contribution in [0.5, 0.6) is 0 Å². The molecule has 0 radical (unpaired) electrons. The van der Waals surface area contributed by atoms with E-state index in [1.807, 2.05) is 18.2 Å². The number of nitrogens with zero attached hydrogens (tertiary/aromatic N) is 2. The standard InChI is InChI=1S/C7H8N4S.Fe.H2O4S/c8-7(12)11-10-5-6-3-1-2-4-9-6;;1-5(2,3)4/h1-5H,(H3,8,11,12);;(H2,1,2,3,4). The molecule has 5 N–H and O–H groups in total. The molecular weight excluding hydrogens is 324 g/mol. The van der Waals surface area contributed by atoms with Crippen LogP contribution in [-0.4, -0.2) is 33.8 Å². The van der Waals surface area contributed by atoms with Crippen molar-refractivity contribution in [1.82, 2.24) is 10.4 Å². The van der Waals surface area contributed by atoms with Crippen molar-refractivity contribution in [2.45, 2.75) is 0 Å². The Bertz CT molecular complexity index is 471. The molecule has 0 unspecified atom stereocenters. The van der Waals surface area contributed by atoms with Gasteiger partial charge in [0, 0.05) is 23.3 Å². The van der Waals surface area contributed by atoms with E-state index in [2.05, 4.69) is 27.7 Å². The number of thiocarbonyl (C=S) groups is 1. The molecule has 1 heterocycles. The van der Waals surface area contributed by atoms with E-state index < -0.39 is 10.4 Å². The molecule has 18 heavy (non-hydrogen) atoms. The molecule has 0 saturated carbocycles. The quantitative estimate of drug-likeness (QED) is 0.188. The maximum absolute atomic E-state index is 8.74. The van der Waals surface area contributed by atoms with Gasteiger partial charge in [-0.2, -0.15) is 13.5 Å². The number of aromatic nitrogens is 1. The average molecular weight is 334 g/mol. The molecule has 0 spiro atoms. The number of rotatable bonds is 2. The Balaban J connectivity index is 0. The third kappa shape index (κ3) is 17.3. The van der Waals surface area contributed by atoms with Crippen molar-refractivity contribution in [3.63, 3.8) is 0 Å². The van der Waals surface area contributed by atoms with E-state index in [4.69, 9.17) is 23.3 Å². The summed E-state index contributed by atoms with van der Waals surface area (Å²) in [5.74, 6) is 0. The smallest absolute Gasteiger partial charge is 0.375 e. The first-order valence-electron chi connectivity index (χ1n) is 3.98. The van der Waals surface area contributed by atoms with Gasteiger partial charge in [-0.15, -0.1) is 0 Å². The van der Waals surface area contributed by atoms with Gasteiger partial charge in [-0.25, -0.2) is 0 Å². The Hall–Kier alpha value is -1.10. The third-order valence-electron chi connectivity index (χ3n) is 1.06. The predicted octanol–water partition coefficient (Wildman–Crippen LogP) is -0.407. The van der Waals surface area contributed by atoms with Gasteiger partial charge in [0.15, 0.2) is 5.11 Å². The second kappa shape index (κ2) is 9.88. The Morgan fingerprint density at radius 1 is 1.50 bits per heavy atom. The van der Waals surface area contributed by atoms with Gasteiger partial charge in [-0.3, -0.25) is 19.5 Å². The van der Waals surface area contributed by atoms with Crippen LogP contribution in [-0.2, 0) is 27.5 Å². The van der Waals surface area contributed by atoms with Crippen LogP contribution in [0.15, 0.2) is 29.5 Å². The van der Waals surface area contributed by atoms with Crippen LogP contribution in [0.2, 0.25) is 0 Å². The number of nitrogens with one attached hydrogen (secondary N) is 1. The first-order chi connectivity index (χ1) is 7.79. The monoisotopic (exact) mass is 334 g/mol. The Labute approximate surface area is 120 Å². The summed E-state index contributed by atoms with van der Waals surface area (Å²) in [7, 11) is -4.67. The first kappa shape index (κ1) is 19.2. The van der Waals surface area contributed by atoms with Gasteiger partial charge in [-0.1, -0.05) is 6.07 Å². The van der Waals surface area contributed by atoms with Crippen LogP contribution < -0.4 is 11.2 Å². The third-order valence-corrected chi connectivity index (χ3v) is 1.15. The summed E-state index contributed by atoms with van der Waals surface area (Å²) >= 11 is 4.54. The number of nitrogens with two attached hydrogens (primary N) is 1. The summed E-state index contributed by atoms with van der Waals surface area (Å²) in [6.45, 7) is 0. The van der Waals surface area contributed by atoms with Crippen molar-refractivity contribution in [3.8, 4) is 0 Å². The van der Waals surface area contributed by atoms with Crippen molar-refractivity contribution in [2.75, 3.05) is 0 Å². The minimum Gasteiger partial charge on any atom is -0.375 e. The molecule has 0 atom stereocenters. The second-order valence-corrected chi connectivity index (χ2v) is 3.77. The molecule has 0 aliphatic rings. The van der Waals surface area contributed by atoms with Crippen LogP contribution in [0.1, 0.15) is 5.69 Å². The molecule has 8 nitrogen and oxygen atoms in total. The summed E-state index contributed by atoms with van der Waals surface area (Å²) in [5, 5.41) is 3.88. The number of hydrogen-bond donors (Lipinski definition) is 4. The van der Waals surface area contributed by atoms with Gasteiger partial charge in [-0.05, 0) is 24.4 Å². The van der Waals surface area contributed by atoms with E-state index in [0.717, 1.165) is 5.69 Å². The van der Waals surface area contributed by atoms with Crippen molar-refractivity contribution in [3.05, 3.63) is 30.1 Å². The van der Waals surface area contributed by atoms with Crippen LogP contribution in [0.3, 0.4) is 0 Å². The fourth-order valence-corrected chi connectivity index (χ4v) is 0.667. The molecule has 11 heteroatoms. The summed E-state index contributed by atoms with van der Waals surface area (Å²) in [6.07, 6.45) is 3.22. The second-order valence-electron chi connectivity index (χ2n) is 2.44. The summed E-state index contributed by atoms with van der Waals surface area (Å²) < 4.78 is 31.6. The fourth-order valence-electron chi connectivity index (χ4n) is 0.614. The zero-order valence-electron chi connectivity index (χ0n) is 8.74. The van der Waals surface area contributed by atoms with Gasteiger partial charge in [0.05, 0.1) is 11.9 Å². The molecule has 0 aliphatic heterocycles. The van der Waals surface area contributed by atoms with E-state index in [0.29, 0.717) is 0 Å². The van der Waals surface area contributed by atoms with Gasteiger partial charge in [0.2, 0.25) is 0 Å². The molecule has 0 aromatic carbocycles. The van der Waals surface area contributed by atoms with Crippen LogP contribution in [0, 0.1) is 0 Å². The first-order valence-corrected chi connectivity index (χ1v) is 5.79. The van der Waals surface area contributed by atoms with Crippen molar-refractivity contribution >= 4 is 33.9 Å². The van der Waals surface area contributed by atoms with Crippen molar-refractivity contribution in [2.24, 2.45) is 10.8 Å². The topological polar surface area (TPSA) is 138 Å². The summed E-state index contributed by atoms with van der Waals surface area (Å²) in [5.41, 5.74) is 8.33. The molecule has 0 aliphatic carbocycles. The molecule has 0 amide bonds. The number of hydrazone groups is 1. The van der Waals surface area contributed by atoms with Crippen LogP contribution in [0.4, 0.5) is 0 Å². The molecule has 1 aromatic heterocycles. The Morgan fingerprint density at radius 2 is 2.06 bits per heavy atom. The fraction of sp³-hybridized carbons (Fsp3) is 0. The predicted molar refractivity (Wildman–Crippen MR) is 65.9 cm³/mol. The van der Waals surface area contributed by atoms with E-state index in [1.54, 1.807) is 12.4 Å². The maximum atomic E-state index is 8.74. The Morgan fingerprint density at radius 3 is 2.44 bits per heavy atom. The average Bonchev–Trinajstić information content (AvgIpc) is 2.16. The molecule has 0 fully saturated rings. The molecule has 0 saturated heterocycles. The molecule has 0 bridgehead atoms. The van der Waals surface area contributed by atoms with E-state index in [-0.39, 0.29) is 22.2 Å². The minimum atomic E-state index is -4.67. The van der Waals surface area contributed by atoms with Crippen LogP contribution >= 0.6 is 12.2 Å². The zero-order valence-corrected chi connectivity index (χ0v) is 11.5. The molecule has 1 rings (SSSR count). The molecule has 1 aromatic rings. The summed E-state index contributed by atoms with van der Waals surface area (Å²) in [6, 6.07) is 5.53. The maximum Gasteiger partial charge on any atom is 0.394 e. The molecule has 102 valence electrons. The zero-order chi connectivity index (χ0) is 13.3. The van der Waals surface area contributed by atoms with E-state index in [1.165, 1.54) is 0 Å². The SMILES string of the molecule is NC(=S)NN=Cc1ccccn1.O=S(=O)(O)O.[Fe].